The van der Waals surface area contributed by atoms with Gasteiger partial charge in [0.15, 0.2) is 5.58 Å². The van der Waals surface area contributed by atoms with Crippen LogP contribution < -0.4 is 5.76 Å². The van der Waals surface area contributed by atoms with Crippen molar-refractivity contribution in [2.45, 2.75) is 11.8 Å². The molecule has 0 bridgehead atoms. The van der Waals surface area contributed by atoms with E-state index in [0.29, 0.717) is 5.58 Å². The normalized spacial score (nSPS) is 13.0. The maximum absolute atomic E-state index is 11.5. The van der Waals surface area contributed by atoms with Gasteiger partial charge >= 0.3 is 5.76 Å². The average molecular weight is 373 g/mol. The first-order chi connectivity index (χ1) is 9.49. The maximum atomic E-state index is 11.5. The molecule has 0 amide bonds. The van der Waals surface area contributed by atoms with Gasteiger partial charge in [0.05, 0.1) is 15.4 Å². The lowest BCUT2D eigenvalue weighted by Crippen LogP contribution is -2.08. The van der Waals surface area contributed by atoms with Crippen molar-refractivity contribution in [3.8, 4) is 0 Å². The molecule has 3 rings (SSSR count). The number of hydrogen-bond acceptors (Lipinski definition) is 3. The lowest BCUT2D eigenvalue weighted by atomic mass is 10.1. The molecule has 0 spiro atoms. The lowest BCUT2D eigenvalue weighted by Gasteiger charge is -2.09. The van der Waals surface area contributed by atoms with E-state index in [4.69, 9.17) is 16.0 Å². The molecule has 3 nitrogen and oxygen atoms in total. The molecule has 0 saturated carbocycles. The summed E-state index contributed by atoms with van der Waals surface area (Å²) in [6, 6.07) is 5.74. The second kappa shape index (κ2) is 5.06. The van der Waals surface area contributed by atoms with Crippen LogP contribution in [0.4, 0.5) is 0 Å². The van der Waals surface area contributed by atoms with E-state index < -0.39 is 0 Å². The summed E-state index contributed by atoms with van der Waals surface area (Å²) in [7, 11) is 1.69. The number of fused-ring (bicyclic) bond motifs is 1. The highest BCUT2D eigenvalue weighted by Gasteiger charge is 2.18. The number of nitrogens with zero attached hydrogens (tertiary/aromatic N) is 1. The molecule has 20 heavy (non-hydrogen) atoms. The standard InChI is InChI=1S/C14H11BrClNO2S/c1-7-6-20-13(12(7)16)11(15)8-3-4-9-10(5-8)19-14(18)17(9)2/h3-6,11H,1-2H3. The zero-order valence-electron chi connectivity index (χ0n) is 10.8. The maximum Gasteiger partial charge on any atom is 0.419 e. The minimum atomic E-state index is -0.353. The van der Waals surface area contributed by atoms with Gasteiger partial charge in [0, 0.05) is 11.9 Å². The predicted molar refractivity (Wildman–Crippen MR) is 86.3 cm³/mol. The molecule has 2 aromatic heterocycles. The SMILES string of the molecule is Cc1csc(C(Br)c2ccc3c(c2)oc(=O)n3C)c1Cl. The van der Waals surface area contributed by atoms with Crippen LogP contribution in [0.25, 0.3) is 11.1 Å². The van der Waals surface area contributed by atoms with Gasteiger partial charge in [-0.05, 0) is 35.6 Å². The van der Waals surface area contributed by atoms with Crippen molar-refractivity contribution in [3.63, 3.8) is 0 Å². The summed E-state index contributed by atoms with van der Waals surface area (Å²) in [5, 5.41) is 2.82. The highest BCUT2D eigenvalue weighted by molar-refractivity contribution is 9.09. The molecule has 0 radical (unpaired) electrons. The van der Waals surface area contributed by atoms with E-state index in [0.717, 1.165) is 26.5 Å². The van der Waals surface area contributed by atoms with E-state index in [1.54, 1.807) is 18.4 Å². The van der Waals surface area contributed by atoms with Gasteiger partial charge < -0.3 is 4.42 Å². The van der Waals surface area contributed by atoms with Crippen LogP contribution in [0, 0.1) is 6.92 Å². The molecule has 104 valence electrons. The first kappa shape index (κ1) is 13.9. The Morgan fingerprint density at radius 3 is 2.85 bits per heavy atom. The number of aromatic nitrogens is 1. The Kier molecular flexibility index (Phi) is 3.52. The molecular weight excluding hydrogens is 362 g/mol. The van der Waals surface area contributed by atoms with Gasteiger partial charge in [0.1, 0.15) is 0 Å². The Morgan fingerprint density at radius 2 is 2.20 bits per heavy atom. The third-order valence-corrected chi connectivity index (χ3v) is 6.33. The van der Waals surface area contributed by atoms with E-state index in [1.165, 1.54) is 4.57 Å². The van der Waals surface area contributed by atoms with Gasteiger partial charge in [-0.3, -0.25) is 4.57 Å². The Balaban J connectivity index is 2.10. The van der Waals surface area contributed by atoms with Crippen molar-refractivity contribution < 1.29 is 4.42 Å². The summed E-state index contributed by atoms with van der Waals surface area (Å²) in [5.74, 6) is -0.353. The lowest BCUT2D eigenvalue weighted by molar-refractivity contribution is 0.528. The zero-order chi connectivity index (χ0) is 14.4. The molecule has 6 heteroatoms. The van der Waals surface area contributed by atoms with Gasteiger partial charge in [0.25, 0.3) is 0 Å². The van der Waals surface area contributed by atoms with Crippen LogP contribution in [0.15, 0.2) is 32.8 Å². The number of halogens is 2. The number of benzene rings is 1. The molecule has 3 aromatic rings. The molecule has 1 aromatic carbocycles. The Morgan fingerprint density at radius 1 is 1.45 bits per heavy atom. The van der Waals surface area contributed by atoms with Crippen LogP contribution in [0.5, 0.6) is 0 Å². The number of oxazole rings is 1. The van der Waals surface area contributed by atoms with Crippen LogP contribution in [-0.2, 0) is 7.05 Å². The van der Waals surface area contributed by atoms with E-state index in [1.807, 2.05) is 30.5 Å². The summed E-state index contributed by atoms with van der Waals surface area (Å²) >= 11 is 11.6. The summed E-state index contributed by atoms with van der Waals surface area (Å²) in [5.41, 5.74) is 3.45. The third kappa shape index (κ3) is 2.14. The van der Waals surface area contributed by atoms with Gasteiger partial charge in [0.2, 0.25) is 0 Å². The highest BCUT2D eigenvalue weighted by Crippen LogP contribution is 2.41. The molecule has 2 heterocycles. The molecule has 1 unspecified atom stereocenters. The van der Waals surface area contributed by atoms with Gasteiger partial charge in [-0.25, -0.2) is 4.79 Å². The molecule has 1 atom stereocenters. The Hall–Kier alpha value is -1.04. The third-order valence-electron chi connectivity index (χ3n) is 3.26. The summed E-state index contributed by atoms with van der Waals surface area (Å²) < 4.78 is 6.71. The Bertz CT molecular complexity index is 849. The fraction of sp³-hybridized carbons (Fsp3) is 0.214. The van der Waals surface area contributed by atoms with Crippen molar-refractivity contribution in [1.82, 2.24) is 4.57 Å². The van der Waals surface area contributed by atoms with E-state index >= 15 is 0 Å². The highest BCUT2D eigenvalue weighted by atomic mass is 79.9. The summed E-state index contributed by atoms with van der Waals surface area (Å²) in [4.78, 5) is 12.6. The van der Waals surface area contributed by atoms with Gasteiger partial charge in [-0.2, -0.15) is 0 Å². The van der Waals surface area contributed by atoms with E-state index in [9.17, 15) is 4.79 Å². The zero-order valence-corrected chi connectivity index (χ0v) is 14.0. The van der Waals surface area contributed by atoms with Crippen molar-refractivity contribution >= 4 is 50.0 Å². The van der Waals surface area contributed by atoms with Crippen LogP contribution in [-0.4, -0.2) is 4.57 Å². The minimum absolute atomic E-state index is 0.0105. The van der Waals surface area contributed by atoms with Crippen molar-refractivity contribution in [2.24, 2.45) is 7.05 Å². The largest absolute Gasteiger partial charge is 0.419 e. The number of thiophene rings is 1. The van der Waals surface area contributed by atoms with Gasteiger partial charge in [-0.1, -0.05) is 33.6 Å². The van der Waals surface area contributed by atoms with E-state index in [2.05, 4.69) is 15.9 Å². The first-order valence-corrected chi connectivity index (χ1v) is 8.13. The quantitative estimate of drug-likeness (QED) is 0.614. The van der Waals surface area contributed by atoms with Crippen molar-refractivity contribution in [3.05, 3.63) is 55.2 Å². The van der Waals surface area contributed by atoms with Crippen molar-refractivity contribution in [2.75, 3.05) is 0 Å². The fourth-order valence-corrected chi connectivity index (χ4v) is 4.35. The number of hydrogen-bond donors (Lipinski definition) is 0. The molecule has 0 saturated heterocycles. The second-order valence-electron chi connectivity index (χ2n) is 4.61. The van der Waals surface area contributed by atoms with Gasteiger partial charge in [-0.15, -0.1) is 11.3 Å². The predicted octanol–water partition coefficient (Wildman–Crippen LogP) is 4.64. The molecule has 0 fully saturated rings. The van der Waals surface area contributed by atoms with Crippen LogP contribution in [0.3, 0.4) is 0 Å². The number of aryl methyl sites for hydroxylation is 2. The molecule has 0 aliphatic heterocycles. The smallest absolute Gasteiger partial charge is 0.408 e. The van der Waals surface area contributed by atoms with Crippen LogP contribution >= 0.6 is 38.9 Å². The molecular formula is C14H11BrClNO2S. The molecule has 0 aliphatic rings. The first-order valence-electron chi connectivity index (χ1n) is 5.96. The average Bonchev–Trinajstić information content (AvgIpc) is 2.91. The summed E-state index contributed by atoms with van der Waals surface area (Å²) in [6.45, 7) is 1.99. The fourth-order valence-electron chi connectivity index (χ4n) is 2.08. The molecule has 0 aliphatic carbocycles. The van der Waals surface area contributed by atoms with E-state index in [-0.39, 0.29) is 10.6 Å². The second-order valence-corrected chi connectivity index (χ2v) is 6.82. The van der Waals surface area contributed by atoms with Crippen LogP contribution in [0.1, 0.15) is 20.8 Å². The van der Waals surface area contributed by atoms with Crippen molar-refractivity contribution in [1.29, 1.82) is 0 Å². The van der Waals surface area contributed by atoms with Crippen LogP contribution in [0.2, 0.25) is 5.02 Å². The number of alkyl halides is 1. The minimum Gasteiger partial charge on any atom is -0.408 e. The molecule has 0 N–H and O–H groups in total. The monoisotopic (exact) mass is 371 g/mol. The number of rotatable bonds is 2. The summed E-state index contributed by atoms with van der Waals surface area (Å²) in [6.07, 6.45) is 0. The topological polar surface area (TPSA) is 35.1 Å². The Labute approximate surface area is 132 Å².